The number of hydrogen-bond donors (Lipinski definition) is 0. The Morgan fingerprint density at radius 2 is 1.71 bits per heavy atom. The molecule has 0 aliphatic carbocycles. The van der Waals surface area contributed by atoms with E-state index in [2.05, 4.69) is 30.3 Å². The molecule has 1 aliphatic heterocycles. The Labute approximate surface area is 186 Å². The molecular weight excluding hydrogens is 408 g/mol. The second kappa shape index (κ2) is 8.16. The van der Waals surface area contributed by atoms with Crippen LogP contribution in [0, 0.1) is 13.8 Å². The van der Waals surface area contributed by atoms with Crippen LogP contribution >= 0.6 is 11.6 Å². The van der Waals surface area contributed by atoms with Gasteiger partial charge in [-0.15, -0.1) is 0 Å². The van der Waals surface area contributed by atoms with Crippen molar-refractivity contribution in [2.75, 3.05) is 6.61 Å². The van der Waals surface area contributed by atoms with E-state index in [9.17, 15) is 0 Å². The molecule has 0 unspecified atom stereocenters. The Morgan fingerprint density at radius 3 is 2.48 bits per heavy atom. The highest BCUT2D eigenvalue weighted by Gasteiger charge is 2.31. The van der Waals surface area contributed by atoms with Crippen LogP contribution in [-0.4, -0.2) is 6.61 Å². The number of allylic oxidation sites excluding steroid dienone is 1. The minimum atomic E-state index is 0.167. The number of benzene rings is 3. The Kier molecular flexibility index (Phi) is 5.21. The smallest absolute Gasteiger partial charge is 0.294 e. The normalized spacial score (nSPS) is 16.9. The largest absolute Gasteiger partial charge is 0.489 e. The Morgan fingerprint density at radius 1 is 1.00 bits per heavy atom. The van der Waals surface area contributed by atoms with Gasteiger partial charge in [0.05, 0.1) is 5.56 Å². The summed E-state index contributed by atoms with van der Waals surface area (Å²) in [6, 6.07) is 22.5. The van der Waals surface area contributed by atoms with Crippen LogP contribution in [0.2, 0.25) is 5.02 Å². The first kappa shape index (κ1) is 19.8. The van der Waals surface area contributed by atoms with Crippen molar-refractivity contribution < 1.29 is 13.9 Å². The zero-order chi connectivity index (χ0) is 21.4. The maximum absolute atomic E-state index is 6.26. The number of aryl methyl sites for hydroxylation is 2. The van der Waals surface area contributed by atoms with Gasteiger partial charge in [-0.05, 0) is 54.8 Å². The molecule has 0 saturated carbocycles. The average Bonchev–Trinajstić information content (AvgIpc) is 3.16. The van der Waals surface area contributed by atoms with Crippen molar-refractivity contribution in [3.8, 4) is 11.7 Å². The van der Waals surface area contributed by atoms with E-state index in [4.69, 9.17) is 25.5 Å². The van der Waals surface area contributed by atoms with Gasteiger partial charge in [0.2, 0.25) is 0 Å². The third-order valence-electron chi connectivity index (χ3n) is 5.75. The molecule has 0 fully saturated rings. The third kappa shape index (κ3) is 3.82. The molecule has 1 aromatic heterocycles. The summed E-state index contributed by atoms with van der Waals surface area (Å²) < 4.78 is 18.2. The maximum Gasteiger partial charge on any atom is 0.294 e. The summed E-state index contributed by atoms with van der Waals surface area (Å²) in [5.74, 6) is 2.39. The zero-order valence-electron chi connectivity index (χ0n) is 17.5. The molecule has 0 spiro atoms. The van der Waals surface area contributed by atoms with Crippen molar-refractivity contribution >= 4 is 22.6 Å². The number of ether oxygens (including phenoxy) is 2. The third-order valence-corrected chi connectivity index (χ3v) is 6.35. The number of rotatable bonds is 4. The molecule has 1 atom stereocenters. The van der Waals surface area contributed by atoms with Gasteiger partial charge in [0, 0.05) is 22.7 Å². The summed E-state index contributed by atoms with van der Waals surface area (Å²) in [6.45, 7) is 4.38. The van der Waals surface area contributed by atoms with E-state index in [-0.39, 0.29) is 5.92 Å². The molecule has 156 valence electrons. The highest BCUT2D eigenvalue weighted by atomic mass is 35.5. The number of para-hydroxylation sites is 1. The van der Waals surface area contributed by atoms with Crippen molar-refractivity contribution in [1.82, 2.24) is 0 Å². The first-order valence-corrected chi connectivity index (χ1v) is 10.8. The summed E-state index contributed by atoms with van der Waals surface area (Å²) in [6.07, 6.45) is 2.74. The topological polar surface area (TPSA) is 31.6 Å². The van der Waals surface area contributed by atoms with E-state index in [1.54, 1.807) is 0 Å². The number of halogens is 1. The lowest BCUT2D eigenvalue weighted by molar-refractivity contribution is 0.278. The fourth-order valence-corrected chi connectivity index (χ4v) is 4.34. The minimum absolute atomic E-state index is 0.167. The van der Waals surface area contributed by atoms with Crippen LogP contribution in [0.4, 0.5) is 0 Å². The van der Waals surface area contributed by atoms with Gasteiger partial charge in [0.1, 0.15) is 23.7 Å². The van der Waals surface area contributed by atoms with E-state index in [0.717, 1.165) is 50.6 Å². The molecule has 0 saturated heterocycles. The Balaban J connectivity index is 1.45. The second-order valence-electron chi connectivity index (χ2n) is 7.92. The minimum Gasteiger partial charge on any atom is -0.489 e. The summed E-state index contributed by atoms with van der Waals surface area (Å²) in [5.41, 5.74) is 5.22. The van der Waals surface area contributed by atoms with Crippen molar-refractivity contribution in [3.63, 3.8) is 0 Å². The van der Waals surface area contributed by atoms with E-state index < -0.39 is 0 Å². The van der Waals surface area contributed by atoms with Gasteiger partial charge < -0.3 is 13.9 Å². The van der Waals surface area contributed by atoms with E-state index in [1.165, 1.54) is 5.56 Å². The van der Waals surface area contributed by atoms with Gasteiger partial charge in [0.15, 0.2) is 0 Å². The predicted octanol–water partition coefficient (Wildman–Crippen LogP) is 7.58. The number of fused-ring (bicyclic) bond motifs is 3. The van der Waals surface area contributed by atoms with Crippen LogP contribution < -0.4 is 9.47 Å². The first-order valence-electron chi connectivity index (χ1n) is 10.4. The highest BCUT2D eigenvalue weighted by molar-refractivity contribution is 6.32. The van der Waals surface area contributed by atoms with Crippen molar-refractivity contribution in [2.24, 2.45) is 0 Å². The molecule has 3 nitrogen and oxygen atoms in total. The fraction of sp³-hybridized carbons (Fsp3) is 0.185. The molecule has 0 N–H and O–H groups in total. The monoisotopic (exact) mass is 430 g/mol. The van der Waals surface area contributed by atoms with Gasteiger partial charge in [0.25, 0.3) is 5.95 Å². The van der Waals surface area contributed by atoms with Crippen molar-refractivity contribution in [3.05, 3.63) is 106 Å². The molecule has 3 aromatic carbocycles. The summed E-state index contributed by atoms with van der Waals surface area (Å²) in [5, 5.41) is 1.89. The number of hydrogen-bond acceptors (Lipinski definition) is 3. The van der Waals surface area contributed by atoms with E-state index in [1.807, 2.05) is 56.3 Å². The molecule has 4 aromatic rings. The quantitative estimate of drug-likeness (QED) is 0.334. The van der Waals surface area contributed by atoms with E-state index >= 15 is 0 Å². The van der Waals surface area contributed by atoms with Gasteiger partial charge in [-0.1, -0.05) is 60.1 Å². The van der Waals surface area contributed by atoms with Crippen LogP contribution in [0.3, 0.4) is 0 Å². The summed E-state index contributed by atoms with van der Waals surface area (Å²) in [7, 11) is 0. The Bertz CT molecular complexity index is 1250. The molecular formula is C27H23ClO3. The Hall–Kier alpha value is -3.17. The van der Waals surface area contributed by atoms with Crippen LogP contribution in [0.5, 0.6) is 11.7 Å². The fourth-order valence-electron chi connectivity index (χ4n) is 4.23. The molecule has 1 aliphatic rings. The SMILES string of the molecule is Cc1cc(OC/C=C2\C[C@H](c3ccccc3)c3c(oc4ccccc34)O2)cc(C)c1Cl. The summed E-state index contributed by atoms with van der Waals surface area (Å²) >= 11 is 6.26. The standard InChI is InChI=1S/C27H23ClO3/c1-17-14-21(15-18(2)26(17)28)29-13-12-20-16-23(19-8-4-3-5-9-19)25-22-10-6-7-11-24(22)31-27(25)30-20/h3-12,14-15,23H,13,16H2,1-2H3/b20-12+/t23-/m1/s1. The molecule has 31 heavy (non-hydrogen) atoms. The lowest BCUT2D eigenvalue weighted by Crippen LogP contribution is -2.13. The first-order chi connectivity index (χ1) is 15.1. The second-order valence-corrected chi connectivity index (χ2v) is 8.30. The van der Waals surface area contributed by atoms with Gasteiger partial charge in [-0.25, -0.2) is 0 Å². The predicted molar refractivity (Wildman–Crippen MR) is 124 cm³/mol. The van der Waals surface area contributed by atoms with Crippen LogP contribution in [0.25, 0.3) is 11.0 Å². The number of furan rings is 1. The molecule has 0 amide bonds. The average molecular weight is 431 g/mol. The molecule has 2 heterocycles. The highest BCUT2D eigenvalue weighted by Crippen LogP contribution is 2.47. The van der Waals surface area contributed by atoms with Crippen LogP contribution in [-0.2, 0) is 0 Å². The lowest BCUT2D eigenvalue weighted by Gasteiger charge is -2.24. The van der Waals surface area contributed by atoms with Gasteiger partial charge in [-0.3, -0.25) is 0 Å². The van der Waals surface area contributed by atoms with Crippen LogP contribution in [0.15, 0.2) is 83.0 Å². The lowest BCUT2D eigenvalue weighted by atomic mass is 9.86. The molecule has 0 bridgehead atoms. The molecule has 4 heteroatoms. The molecule has 0 radical (unpaired) electrons. The van der Waals surface area contributed by atoms with Crippen molar-refractivity contribution in [1.29, 1.82) is 0 Å². The maximum atomic E-state index is 6.26. The van der Waals surface area contributed by atoms with Gasteiger partial charge >= 0.3 is 0 Å². The molecule has 5 rings (SSSR count). The van der Waals surface area contributed by atoms with Gasteiger partial charge in [-0.2, -0.15) is 0 Å². The van der Waals surface area contributed by atoms with Crippen LogP contribution in [0.1, 0.15) is 34.6 Å². The van der Waals surface area contributed by atoms with Crippen molar-refractivity contribution in [2.45, 2.75) is 26.2 Å². The zero-order valence-corrected chi connectivity index (χ0v) is 18.3. The summed E-state index contributed by atoms with van der Waals surface area (Å²) in [4.78, 5) is 0. The van der Waals surface area contributed by atoms with E-state index in [0.29, 0.717) is 12.6 Å².